The maximum Gasteiger partial charge on any atom is 0.268 e. The number of hydrogen-bond donors (Lipinski definition) is 3. The number of carbonyl (C=O) groups excluding carboxylic acids is 2. The highest BCUT2D eigenvalue weighted by molar-refractivity contribution is 6.31. The Kier molecular flexibility index (Phi) is 3.16. The van der Waals surface area contributed by atoms with Gasteiger partial charge in [-0.2, -0.15) is 0 Å². The summed E-state index contributed by atoms with van der Waals surface area (Å²) in [5.74, 6) is -0.823. The maximum absolute atomic E-state index is 11.8. The lowest BCUT2D eigenvalue weighted by Gasteiger charge is -2.10. The highest BCUT2D eigenvalue weighted by atomic mass is 35.5. The third-order valence-electron chi connectivity index (χ3n) is 2.30. The molecule has 0 bridgehead atoms. The summed E-state index contributed by atoms with van der Waals surface area (Å²) in [6.07, 6.45) is 0. The molecule has 7 heteroatoms. The van der Waals surface area contributed by atoms with Crippen LogP contribution in [-0.2, 0) is 9.63 Å². The van der Waals surface area contributed by atoms with Crippen LogP contribution in [0.4, 0.5) is 5.69 Å². The summed E-state index contributed by atoms with van der Waals surface area (Å²) < 4.78 is 0. The zero-order valence-corrected chi connectivity index (χ0v) is 9.45. The van der Waals surface area contributed by atoms with E-state index in [0.717, 1.165) is 0 Å². The Labute approximate surface area is 102 Å². The minimum atomic E-state index is -0.697. The van der Waals surface area contributed by atoms with Crippen molar-refractivity contribution in [3.05, 3.63) is 28.8 Å². The second-order valence-electron chi connectivity index (χ2n) is 3.53. The Morgan fingerprint density at radius 3 is 2.94 bits per heavy atom. The number of halogens is 1. The minimum absolute atomic E-state index is 0.0953. The van der Waals surface area contributed by atoms with Gasteiger partial charge in [-0.25, -0.2) is 5.48 Å². The first kappa shape index (κ1) is 11.7. The van der Waals surface area contributed by atoms with E-state index in [9.17, 15) is 9.59 Å². The molecule has 1 atom stereocenters. The van der Waals surface area contributed by atoms with Gasteiger partial charge in [0.15, 0.2) is 0 Å². The fourth-order valence-corrected chi connectivity index (χ4v) is 1.61. The quantitative estimate of drug-likeness (QED) is 0.653. The fraction of sp³-hybridized carbons (Fsp3) is 0.200. The number of rotatable bonds is 2. The van der Waals surface area contributed by atoms with Crippen LogP contribution < -0.4 is 16.5 Å². The van der Waals surface area contributed by atoms with Gasteiger partial charge in [0.2, 0.25) is 0 Å². The maximum atomic E-state index is 11.8. The second-order valence-corrected chi connectivity index (χ2v) is 3.97. The van der Waals surface area contributed by atoms with Gasteiger partial charge < -0.3 is 11.1 Å². The van der Waals surface area contributed by atoms with Gasteiger partial charge in [-0.1, -0.05) is 11.6 Å². The summed E-state index contributed by atoms with van der Waals surface area (Å²) in [6.45, 7) is 0.0953. The zero-order valence-electron chi connectivity index (χ0n) is 8.70. The van der Waals surface area contributed by atoms with Crippen LogP contribution in [0.5, 0.6) is 0 Å². The van der Waals surface area contributed by atoms with E-state index in [1.165, 1.54) is 12.1 Å². The van der Waals surface area contributed by atoms with Gasteiger partial charge in [0, 0.05) is 10.7 Å². The lowest BCUT2D eigenvalue weighted by molar-refractivity contribution is -0.125. The van der Waals surface area contributed by atoms with E-state index in [1.54, 1.807) is 6.07 Å². The summed E-state index contributed by atoms with van der Waals surface area (Å²) in [5, 5.41) is 2.95. The van der Waals surface area contributed by atoms with Crippen LogP contribution in [0.15, 0.2) is 18.2 Å². The molecule has 17 heavy (non-hydrogen) atoms. The highest BCUT2D eigenvalue weighted by Crippen LogP contribution is 2.18. The Hall–Kier alpha value is -1.79. The van der Waals surface area contributed by atoms with Crippen LogP contribution >= 0.6 is 11.6 Å². The van der Waals surface area contributed by atoms with Crippen molar-refractivity contribution in [2.75, 3.05) is 12.3 Å². The van der Waals surface area contributed by atoms with Gasteiger partial charge in [0.25, 0.3) is 11.8 Å². The van der Waals surface area contributed by atoms with Gasteiger partial charge in [-0.05, 0) is 18.2 Å². The van der Waals surface area contributed by atoms with E-state index in [-0.39, 0.29) is 23.8 Å². The first-order valence-electron chi connectivity index (χ1n) is 4.85. The Bertz CT molecular complexity index is 478. The van der Waals surface area contributed by atoms with Crippen LogP contribution in [-0.4, -0.2) is 24.5 Å². The Morgan fingerprint density at radius 2 is 2.35 bits per heavy atom. The van der Waals surface area contributed by atoms with E-state index in [1.807, 2.05) is 0 Å². The molecule has 0 unspecified atom stereocenters. The summed E-state index contributed by atoms with van der Waals surface area (Å²) in [4.78, 5) is 27.7. The average molecular weight is 256 g/mol. The van der Waals surface area contributed by atoms with Gasteiger partial charge >= 0.3 is 0 Å². The van der Waals surface area contributed by atoms with Crippen LogP contribution in [0.2, 0.25) is 5.02 Å². The largest absolute Gasteiger partial charge is 0.398 e. The molecule has 2 amide bonds. The van der Waals surface area contributed by atoms with Crippen molar-refractivity contribution in [2.45, 2.75) is 6.04 Å². The summed E-state index contributed by atoms with van der Waals surface area (Å²) in [6, 6.07) is 3.83. The number of nitrogens with two attached hydrogens (primary N) is 1. The molecule has 0 aliphatic carbocycles. The number of benzene rings is 1. The van der Waals surface area contributed by atoms with E-state index in [0.29, 0.717) is 5.02 Å². The van der Waals surface area contributed by atoms with Crippen molar-refractivity contribution >= 4 is 29.1 Å². The highest BCUT2D eigenvalue weighted by Gasteiger charge is 2.27. The lowest BCUT2D eigenvalue weighted by atomic mass is 10.1. The molecule has 0 spiro atoms. The molecule has 1 aliphatic rings. The number of carbonyl (C=O) groups is 2. The van der Waals surface area contributed by atoms with Crippen LogP contribution in [0.1, 0.15) is 10.4 Å². The lowest BCUT2D eigenvalue weighted by Crippen LogP contribution is -2.41. The topological polar surface area (TPSA) is 93.5 Å². The third-order valence-corrected chi connectivity index (χ3v) is 2.54. The predicted molar refractivity (Wildman–Crippen MR) is 61.2 cm³/mol. The molecule has 1 saturated heterocycles. The second kappa shape index (κ2) is 4.60. The normalized spacial score (nSPS) is 18.9. The van der Waals surface area contributed by atoms with Crippen molar-refractivity contribution in [1.29, 1.82) is 0 Å². The monoisotopic (exact) mass is 255 g/mol. The summed E-state index contributed by atoms with van der Waals surface area (Å²) in [7, 11) is 0. The van der Waals surface area contributed by atoms with E-state index < -0.39 is 11.9 Å². The molecule has 6 nitrogen and oxygen atoms in total. The Morgan fingerprint density at radius 1 is 1.59 bits per heavy atom. The van der Waals surface area contributed by atoms with E-state index >= 15 is 0 Å². The smallest absolute Gasteiger partial charge is 0.268 e. The molecule has 2 rings (SSSR count). The molecular formula is C10H10ClN3O3. The van der Waals surface area contributed by atoms with Gasteiger partial charge in [0.05, 0.1) is 5.56 Å². The zero-order chi connectivity index (χ0) is 12.4. The molecule has 0 aromatic heterocycles. The van der Waals surface area contributed by atoms with Crippen molar-refractivity contribution < 1.29 is 14.4 Å². The number of hydrogen-bond acceptors (Lipinski definition) is 4. The van der Waals surface area contributed by atoms with E-state index in [4.69, 9.17) is 17.3 Å². The average Bonchev–Trinajstić information content (AvgIpc) is 2.64. The molecule has 1 heterocycles. The van der Waals surface area contributed by atoms with Gasteiger partial charge in [-0.3, -0.25) is 14.4 Å². The molecule has 0 radical (unpaired) electrons. The van der Waals surface area contributed by atoms with E-state index in [2.05, 4.69) is 15.6 Å². The standard InChI is InChI=1S/C10H10ClN3O3/c11-5-1-2-6(7(12)3-5)9(15)13-8-4-17-14-10(8)16/h1-3,8H,4,12H2,(H,13,15)(H,14,16)/t8-/m1/s1. The summed E-state index contributed by atoms with van der Waals surface area (Å²) >= 11 is 5.72. The molecule has 1 aliphatic heterocycles. The molecule has 1 aromatic rings. The molecule has 0 saturated carbocycles. The van der Waals surface area contributed by atoms with Gasteiger partial charge in [-0.15, -0.1) is 0 Å². The molecule has 1 fully saturated rings. The summed E-state index contributed by atoms with van der Waals surface area (Å²) in [5.41, 5.74) is 8.33. The van der Waals surface area contributed by atoms with Crippen LogP contribution in [0, 0.1) is 0 Å². The Balaban J connectivity index is 2.11. The van der Waals surface area contributed by atoms with Gasteiger partial charge in [0.1, 0.15) is 12.6 Å². The number of amides is 2. The fourth-order valence-electron chi connectivity index (χ4n) is 1.43. The number of hydroxylamine groups is 1. The van der Waals surface area contributed by atoms with Crippen molar-refractivity contribution in [3.8, 4) is 0 Å². The van der Waals surface area contributed by atoms with Crippen molar-refractivity contribution in [1.82, 2.24) is 10.8 Å². The molecule has 90 valence electrons. The van der Waals surface area contributed by atoms with Crippen molar-refractivity contribution in [2.24, 2.45) is 0 Å². The predicted octanol–water partition coefficient (Wildman–Crippen LogP) is 0.0820. The first-order valence-corrected chi connectivity index (χ1v) is 5.23. The molecular weight excluding hydrogens is 246 g/mol. The van der Waals surface area contributed by atoms with Crippen LogP contribution in [0.3, 0.4) is 0 Å². The minimum Gasteiger partial charge on any atom is -0.398 e. The number of nitrogens with one attached hydrogen (secondary N) is 2. The number of nitrogen functional groups attached to an aromatic ring is 1. The third kappa shape index (κ3) is 2.48. The molecule has 4 N–H and O–H groups in total. The molecule has 1 aromatic carbocycles. The number of anilines is 1. The SMILES string of the molecule is Nc1cc(Cl)ccc1C(=O)N[C@@H]1CONC1=O. The first-order chi connectivity index (χ1) is 8.08. The van der Waals surface area contributed by atoms with Crippen LogP contribution in [0.25, 0.3) is 0 Å². The van der Waals surface area contributed by atoms with Crippen molar-refractivity contribution in [3.63, 3.8) is 0 Å².